The number of aromatic nitrogens is 1. The molecule has 0 bridgehead atoms. The molecule has 1 aliphatic rings. The summed E-state index contributed by atoms with van der Waals surface area (Å²) in [6.07, 6.45) is 6.71. The van der Waals surface area contributed by atoms with Crippen LogP contribution >= 0.6 is 15.9 Å². The molecule has 0 spiro atoms. The first-order chi connectivity index (χ1) is 13.2. The van der Waals surface area contributed by atoms with Gasteiger partial charge in [0.15, 0.2) is 0 Å². The third-order valence-electron chi connectivity index (χ3n) is 5.30. The van der Waals surface area contributed by atoms with Crippen LogP contribution in [-0.4, -0.2) is 24.3 Å². The molecule has 0 aliphatic heterocycles. The van der Waals surface area contributed by atoms with E-state index in [1.165, 1.54) is 50.2 Å². The van der Waals surface area contributed by atoms with Crippen LogP contribution in [0.2, 0.25) is 0 Å². The van der Waals surface area contributed by atoms with Gasteiger partial charge in [-0.05, 0) is 58.8 Å². The Kier molecular flexibility index (Phi) is 7.33. The van der Waals surface area contributed by atoms with Crippen molar-refractivity contribution in [1.29, 1.82) is 0 Å². The molecule has 0 N–H and O–H groups in total. The number of fused-ring (bicyclic) bond motifs is 1. The van der Waals surface area contributed by atoms with Crippen molar-refractivity contribution in [3.8, 4) is 0 Å². The van der Waals surface area contributed by atoms with Gasteiger partial charge in [0.05, 0.1) is 24.7 Å². The van der Waals surface area contributed by atoms with Gasteiger partial charge in [-0.2, -0.15) is 0 Å². The van der Waals surface area contributed by atoms with Crippen molar-refractivity contribution in [3.63, 3.8) is 0 Å². The van der Waals surface area contributed by atoms with Crippen LogP contribution in [0.3, 0.4) is 0 Å². The van der Waals surface area contributed by atoms with Crippen LogP contribution in [0, 0.1) is 0 Å². The molecule has 1 aromatic carbocycles. The standard InChI is InChI=1S/C21H28BrNO4/c1-3-26-19(24)11-12-23-18-13-15(14-27-25-2)9-10-17(18)20(21(23)22)16-7-5-4-6-8-16/h9-10,13,16H,3-8,11-12,14H2,1-2H3. The zero-order chi connectivity index (χ0) is 19.2. The first-order valence-corrected chi connectivity index (χ1v) is 10.6. The molecule has 3 rings (SSSR count). The summed E-state index contributed by atoms with van der Waals surface area (Å²) in [4.78, 5) is 21.7. The fourth-order valence-electron chi connectivity index (χ4n) is 4.04. The number of benzene rings is 1. The number of rotatable bonds is 8. The molecular weight excluding hydrogens is 410 g/mol. The molecular formula is C21H28BrNO4. The van der Waals surface area contributed by atoms with E-state index >= 15 is 0 Å². The maximum Gasteiger partial charge on any atom is 0.307 e. The largest absolute Gasteiger partial charge is 0.466 e. The Bertz CT molecular complexity index is 780. The lowest BCUT2D eigenvalue weighted by Gasteiger charge is -2.22. The molecule has 0 atom stereocenters. The molecule has 27 heavy (non-hydrogen) atoms. The van der Waals surface area contributed by atoms with Crippen molar-refractivity contribution in [2.75, 3.05) is 13.7 Å². The van der Waals surface area contributed by atoms with Crippen LogP contribution in [0.15, 0.2) is 22.8 Å². The third-order valence-corrected chi connectivity index (χ3v) is 6.16. The number of hydrogen-bond donors (Lipinski definition) is 0. The second kappa shape index (κ2) is 9.71. The number of ether oxygens (including phenoxy) is 1. The lowest BCUT2D eigenvalue weighted by Crippen LogP contribution is -2.10. The second-order valence-electron chi connectivity index (χ2n) is 7.03. The smallest absolute Gasteiger partial charge is 0.307 e. The molecule has 1 aliphatic carbocycles. The van der Waals surface area contributed by atoms with E-state index in [4.69, 9.17) is 14.5 Å². The summed E-state index contributed by atoms with van der Waals surface area (Å²) in [6, 6.07) is 6.41. The highest BCUT2D eigenvalue weighted by atomic mass is 79.9. The minimum Gasteiger partial charge on any atom is -0.466 e. The van der Waals surface area contributed by atoms with Gasteiger partial charge in [0, 0.05) is 17.4 Å². The van der Waals surface area contributed by atoms with Crippen molar-refractivity contribution >= 4 is 32.8 Å². The van der Waals surface area contributed by atoms with E-state index in [1.807, 2.05) is 6.92 Å². The summed E-state index contributed by atoms with van der Waals surface area (Å²) < 4.78 is 8.41. The SMILES string of the molecule is CCOC(=O)CCn1c(Br)c(C2CCCCC2)c2ccc(COOC)cc21. The van der Waals surface area contributed by atoms with E-state index in [0.29, 0.717) is 32.1 Å². The number of carbonyl (C=O) groups excluding carboxylic acids is 1. The average molecular weight is 438 g/mol. The Morgan fingerprint density at radius 3 is 2.74 bits per heavy atom. The summed E-state index contributed by atoms with van der Waals surface area (Å²) in [6.45, 7) is 3.24. The second-order valence-corrected chi connectivity index (χ2v) is 7.78. The monoisotopic (exact) mass is 437 g/mol. The topological polar surface area (TPSA) is 49.7 Å². The number of nitrogens with zero attached hydrogens (tertiary/aromatic N) is 1. The van der Waals surface area contributed by atoms with Gasteiger partial charge in [-0.3, -0.25) is 4.79 Å². The average Bonchev–Trinajstić information content (AvgIpc) is 2.96. The molecule has 0 saturated heterocycles. The lowest BCUT2D eigenvalue weighted by molar-refractivity contribution is -0.282. The Balaban J connectivity index is 1.98. The highest BCUT2D eigenvalue weighted by Crippen LogP contribution is 2.42. The van der Waals surface area contributed by atoms with Gasteiger partial charge in [-0.25, -0.2) is 9.78 Å². The van der Waals surface area contributed by atoms with E-state index in [-0.39, 0.29) is 5.97 Å². The van der Waals surface area contributed by atoms with Crippen molar-refractivity contribution in [2.45, 2.75) is 64.5 Å². The van der Waals surface area contributed by atoms with Gasteiger partial charge in [-0.15, -0.1) is 0 Å². The predicted octanol–water partition coefficient (Wildman–Crippen LogP) is 5.48. The molecule has 1 saturated carbocycles. The maximum atomic E-state index is 11.9. The molecule has 1 heterocycles. The molecule has 0 unspecified atom stereocenters. The van der Waals surface area contributed by atoms with Crippen LogP contribution < -0.4 is 0 Å². The summed E-state index contributed by atoms with van der Waals surface area (Å²) in [7, 11) is 1.51. The molecule has 0 radical (unpaired) electrons. The number of hydrogen-bond acceptors (Lipinski definition) is 4. The number of halogens is 1. The van der Waals surface area contributed by atoms with Crippen LogP contribution in [0.25, 0.3) is 10.9 Å². The van der Waals surface area contributed by atoms with E-state index in [9.17, 15) is 4.79 Å². The summed E-state index contributed by atoms with van der Waals surface area (Å²) in [5.74, 6) is 0.407. The molecule has 148 valence electrons. The van der Waals surface area contributed by atoms with Gasteiger partial charge >= 0.3 is 5.97 Å². The van der Waals surface area contributed by atoms with Crippen LogP contribution in [0.1, 0.15) is 62.5 Å². The van der Waals surface area contributed by atoms with E-state index in [1.54, 1.807) is 0 Å². The molecule has 5 nitrogen and oxygen atoms in total. The number of aryl methyl sites for hydroxylation is 1. The van der Waals surface area contributed by atoms with Gasteiger partial charge in [0.1, 0.15) is 6.61 Å². The highest BCUT2D eigenvalue weighted by Gasteiger charge is 2.25. The van der Waals surface area contributed by atoms with E-state index < -0.39 is 0 Å². The third kappa shape index (κ3) is 4.73. The quantitative estimate of drug-likeness (QED) is 0.311. The predicted molar refractivity (Wildman–Crippen MR) is 109 cm³/mol. The number of esters is 1. The first-order valence-electron chi connectivity index (χ1n) is 9.77. The zero-order valence-electron chi connectivity index (χ0n) is 16.1. The Morgan fingerprint density at radius 2 is 2.04 bits per heavy atom. The lowest BCUT2D eigenvalue weighted by atomic mass is 9.84. The summed E-state index contributed by atoms with van der Waals surface area (Å²) >= 11 is 3.85. The van der Waals surface area contributed by atoms with Crippen molar-refractivity contribution in [2.24, 2.45) is 0 Å². The van der Waals surface area contributed by atoms with Crippen LogP contribution in [0.5, 0.6) is 0 Å². The Morgan fingerprint density at radius 1 is 1.26 bits per heavy atom. The Hall–Kier alpha value is -1.37. The molecule has 0 amide bonds. The Labute approximate surface area is 169 Å². The van der Waals surface area contributed by atoms with Crippen LogP contribution in [-0.2, 0) is 32.5 Å². The zero-order valence-corrected chi connectivity index (χ0v) is 17.7. The van der Waals surface area contributed by atoms with Gasteiger partial charge in [-0.1, -0.05) is 31.4 Å². The normalized spacial score (nSPS) is 15.4. The van der Waals surface area contributed by atoms with Crippen LogP contribution in [0.4, 0.5) is 0 Å². The number of carbonyl (C=O) groups is 1. The maximum absolute atomic E-state index is 11.9. The van der Waals surface area contributed by atoms with E-state index in [0.717, 1.165) is 15.7 Å². The first kappa shape index (κ1) is 20.4. The van der Waals surface area contributed by atoms with Gasteiger partial charge in [0.2, 0.25) is 0 Å². The van der Waals surface area contributed by atoms with Gasteiger partial charge < -0.3 is 9.30 Å². The van der Waals surface area contributed by atoms with Crippen molar-refractivity contribution < 1.29 is 19.3 Å². The summed E-state index contributed by atoms with van der Waals surface area (Å²) in [5, 5.41) is 1.26. The van der Waals surface area contributed by atoms with Crippen molar-refractivity contribution in [1.82, 2.24) is 4.57 Å². The minimum atomic E-state index is -0.163. The van der Waals surface area contributed by atoms with E-state index in [2.05, 4.69) is 38.7 Å². The highest BCUT2D eigenvalue weighted by molar-refractivity contribution is 9.10. The summed E-state index contributed by atoms with van der Waals surface area (Å²) in [5.41, 5.74) is 3.55. The molecule has 6 heteroatoms. The molecule has 2 aromatic rings. The molecule has 1 aromatic heterocycles. The minimum absolute atomic E-state index is 0.163. The fourth-order valence-corrected chi connectivity index (χ4v) is 4.95. The molecule has 1 fully saturated rings. The van der Waals surface area contributed by atoms with Gasteiger partial charge in [0.25, 0.3) is 0 Å². The van der Waals surface area contributed by atoms with Crippen molar-refractivity contribution in [3.05, 3.63) is 33.9 Å². The fraction of sp³-hybridized carbons (Fsp3) is 0.571.